The standard InChI is InChI=1S/C19H25NO4/c1-13-12-16(10-11-20(13)18(22)24-19(2,3)4)14-6-8-15(9-7-14)17(21)23-5/h6-9,12-13H,10-11H2,1-5H3. The van der Waals surface area contributed by atoms with E-state index in [0.29, 0.717) is 12.1 Å². The summed E-state index contributed by atoms with van der Waals surface area (Å²) in [6.45, 7) is 8.18. The maximum Gasteiger partial charge on any atom is 0.410 e. The molecule has 1 aliphatic rings. The molecular weight excluding hydrogens is 306 g/mol. The first-order valence-corrected chi connectivity index (χ1v) is 8.10. The Kier molecular flexibility index (Phi) is 5.32. The first-order valence-electron chi connectivity index (χ1n) is 8.10. The molecule has 0 saturated heterocycles. The molecule has 5 heteroatoms. The van der Waals surface area contributed by atoms with Crippen molar-refractivity contribution < 1.29 is 19.1 Å². The van der Waals surface area contributed by atoms with E-state index >= 15 is 0 Å². The number of hydrogen-bond acceptors (Lipinski definition) is 4. The van der Waals surface area contributed by atoms with E-state index in [1.807, 2.05) is 39.8 Å². The predicted octanol–water partition coefficient (Wildman–Crippen LogP) is 3.89. The molecule has 1 aliphatic heterocycles. The van der Waals surface area contributed by atoms with E-state index in [9.17, 15) is 9.59 Å². The van der Waals surface area contributed by atoms with Crippen molar-refractivity contribution in [1.82, 2.24) is 4.90 Å². The minimum atomic E-state index is -0.496. The number of methoxy groups -OCH3 is 1. The molecule has 24 heavy (non-hydrogen) atoms. The van der Waals surface area contributed by atoms with Crippen molar-refractivity contribution in [2.75, 3.05) is 13.7 Å². The number of amides is 1. The van der Waals surface area contributed by atoms with Gasteiger partial charge in [0.25, 0.3) is 0 Å². The highest BCUT2D eigenvalue weighted by Gasteiger charge is 2.28. The molecular formula is C19H25NO4. The number of carbonyl (C=O) groups excluding carboxylic acids is 2. The van der Waals surface area contributed by atoms with Crippen LogP contribution in [-0.4, -0.2) is 42.3 Å². The largest absolute Gasteiger partial charge is 0.465 e. The maximum atomic E-state index is 12.2. The summed E-state index contributed by atoms with van der Waals surface area (Å²) in [5.74, 6) is -0.344. The molecule has 1 amide bonds. The second-order valence-corrected chi connectivity index (χ2v) is 6.93. The van der Waals surface area contributed by atoms with Gasteiger partial charge in [-0.15, -0.1) is 0 Å². The van der Waals surface area contributed by atoms with Crippen molar-refractivity contribution in [3.63, 3.8) is 0 Å². The highest BCUT2D eigenvalue weighted by Crippen LogP contribution is 2.27. The van der Waals surface area contributed by atoms with Gasteiger partial charge in [-0.2, -0.15) is 0 Å². The molecule has 1 atom stereocenters. The number of ether oxygens (including phenoxy) is 2. The number of esters is 1. The Balaban J connectivity index is 2.11. The van der Waals surface area contributed by atoms with Crippen LogP contribution in [0.3, 0.4) is 0 Å². The minimum Gasteiger partial charge on any atom is -0.465 e. The Hall–Kier alpha value is -2.30. The summed E-state index contributed by atoms with van der Waals surface area (Å²) in [6, 6.07) is 7.30. The molecule has 0 aliphatic carbocycles. The zero-order chi connectivity index (χ0) is 17.9. The molecule has 2 rings (SSSR count). The Morgan fingerprint density at radius 1 is 1.17 bits per heavy atom. The molecule has 0 saturated carbocycles. The minimum absolute atomic E-state index is 0.0381. The SMILES string of the molecule is COC(=O)c1ccc(C2=CC(C)N(C(=O)OC(C)(C)C)CC2)cc1. The Morgan fingerprint density at radius 3 is 2.29 bits per heavy atom. The van der Waals surface area contributed by atoms with E-state index in [2.05, 4.69) is 6.08 Å². The fourth-order valence-corrected chi connectivity index (χ4v) is 2.67. The molecule has 130 valence electrons. The van der Waals surface area contributed by atoms with Gasteiger partial charge in [0.05, 0.1) is 18.7 Å². The van der Waals surface area contributed by atoms with Crippen LogP contribution >= 0.6 is 0 Å². The van der Waals surface area contributed by atoms with Crippen LogP contribution in [0.2, 0.25) is 0 Å². The van der Waals surface area contributed by atoms with Crippen molar-refractivity contribution in [1.29, 1.82) is 0 Å². The number of nitrogens with zero attached hydrogens (tertiary/aromatic N) is 1. The number of hydrogen-bond donors (Lipinski definition) is 0. The first kappa shape index (κ1) is 18.0. The number of rotatable bonds is 2. The topological polar surface area (TPSA) is 55.8 Å². The van der Waals surface area contributed by atoms with Crippen molar-refractivity contribution in [3.8, 4) is 0 Å². The third-order valence-corrected chi connectivity index (χ3v) is 3.86. The fourth-order valence-electron chi connectivity index (χ4n) is 2.67. The van der Waals surface area contributed by atoms with E-state index in [1.165, 1.54) is 12.7 Å². The van der Waals surface area contributed by atoms with Crippen molar-refractivity contribution in [3.05, 3.63) is 41.5 Å². The predicted molar refractivity (Wildman–Crippen MR) is 92.8 cm³/mol. The monoisotopic (exact) mass is 331 g/mol. The van der Waals surface area contributed by atoms with Gasteiger partial charge in [-0.05, 0) is 57.4 Å². The van der Waals surface area contributed by atoms with Gasteiger partial charge < -0.3 is 14.4 Å². The lowest BCUT2D eigenvalue weighted by Crippen LogP contribution is -2.43. The van der Waals surface area contributed by atoms with Gasteiger partial charge in [-0.25, -0.2) is 9.59 Å². The molecule has 1 aromatic carbocycles. The van der Waals surface area contributed by atoms with Crippen LogP contribution in [0.5, 0.6) is 0 Å². The Labute approximate surface area is 143 Å². The van der Waals surface area contributed by atoms with Gasteiger partial charge in [0.1, 0.15) is 5.60 Å². The van der Waals surface area contributed by atoms with Crippen LogP contribution in [0, 0.1) is 0 Å². The molecule has 5 nitrogen and oxygen atoms in total. The summed E-state index contributed by atoms with van der Waals surface area (Å²) in [5, 5.41) is 0. The second kappa shape index (κ2) is 7.07. The first-order chi connectivity index (χ1) is 11.2. The molecule has 0 fully saturated rings. The van der Waals surface area contributed by atoms with Crippen LogP contribution < -0.4 is 0 Å². The van der Waals surface area contributed by atoms with E-state index in [1.54, 1.807) is 17.0 Å². The van der Waals surface area contributed by atoms with Crippen molar-refractivity contribution >= 4 is 17.6 Å². The van der Waals surface area contributed by atoms with E-state index in [-0.39, 0.29) is 18.1 Å². The summed E-state index contributed by atoms with van der Waals surface area (Å²) in [4.78, 5) is 25.5. The summed E-state index contributed by atoms with van der Waals surface area (Å²) >= 11 is 0. The molecule has 0 spiro atoms. The summed E-state index contributed by atoms with van der Waals surface area (Å²) < 4.78 is 10.2. The van der Waals surface area contributed by atoms with Crippen molar-refractivity contribution in [2.45, 2.75) is 45.8 Å². The molecule has 0 radical (unpaired) electrons. The van der Waals surface area contributed by atoms with Crippen LogP contribution in [0.25, 0.3) is 5.57 Å². The van der Waals surface area contributed by atoms with Crippen molar-refractivity contribution in [2.24, 2.45) is 0 Å². The quantitative estimate of drug-likeness (QED) is 0.772. The van der Waals surface area contributed by atoms with Crippen LogP contribution in [-0.2, 0) is 9.47 Å². The molecule has 0 aromatic heterocycles. The third-order valence-electron chi connectivity index (χ3n) is 3.86. The zero-order valence-electron chi connectivity index (χ0n) is 15.0. The van der Waals surface area contributed by atoms with Gasteiger partial charge in [0, 0.05) is 6.54 Å². The van der Waals surface area contributed by atoms with Gasteiger partial charge in [-0.1, -0.05) is 18.2 Å². The normalized spacial score (nSPS) is 18.0. The molecule has 1 unspecified atom stereocenters. The van der Waals surface area contributed by atoms with Gasteiger partial charge in [0.2, 0.25) is 0 Å². The number of carbonyl (C=O) groups is 2. The number of benzene rings is 1. The van der Waals surface area contributed by atoms with Gasteiger partial charge >= 0.3 is 12.1 Å². The molecule has 0 bridgehead atoms. The smallest absolute Gasteiger partial charge is 0.410 e. The summed E-state index contributed by atoms with van der Waals surface area (Å²) in [6.07, 6.45) is 2.54. The average molecular weight is 331 g/mol. The van der Waals surface area contributed by atoms with E-state index in [4.69, 9.17) is 9.47 Å². The highest BCUT2D eigenvalue weighted by atomic mass is 16.6. The average Bonchev–Trinajstić information content (AvgIpc) is 2.52. The lowest BCUT2D eigenvalue weighted by molar-refractivity contribution is 0.0209. The van der Waals surface area contributed by atoms with Gasteiger partial charge in [-0.3, -0.25) is 0 Å². The molecule has 0 N–H and O–H groups in total. The fraction of sp³-hybridized carbons (Fsp3) is 0.474. The lowest BCUT2D eigenvalue weighted by atomic mass is 9.96. The zero-order valence-corrected chi connectivity index (χ0v) is 15.0. The lowest BCUT2D eigenvalue weighted by Gasteiger charge is -2.34. The highest BCUT2D eigenvalue weighted by molar-refractivity contribution is 5.89. The van der Waals surface area contributed by atoms with Gasteiger partial charge in [0.15, 0.2) is 0 Å². The molecule has 1 aromatic rings. The Morgan fingerprint density at radius 2 is 1.79 bits per heavy atom. The summed E-state index contributed by atoms with van der Waals surface area (Å²) in [7, 11) is 1.37. The summed E-state index contributed by atoms with van der Waals surface area (Å²) in [5.41, 5.74) is 2.25. The third kappa shape index (κ3) is 4.37. The second-order valence-electron chi connectivity index (χ2n) is 6.93. The van der Waals surface area contributed by atoms with E-state index in [0.717, 1.165) is 12.0 Å². The van der Waals surface area contributed by atoms with E-state index < -0.39 is 5.60 Å². The molecule has 1 heterocycles. The van der Waals surface area contributed by atoms with Crippen LogP contribution in [0.4, 0.5) is 4.79 Å². The van der Waals surface area contributed by atoms with Crippen LogP contribution in [0.15, 0.2) is 30.3 Å². The Bertz CT molecular complexity index is 640. The maximum absolute atomic E-state index is 12.2. The van der Waals surface area contributed by atoms with Crippen LogP contribution in [0.1, 0.15) is 50.0 Å².